The maximum atomic E-state index is 10.8. The van der Waals surface area contributed by atoms with Crippen LogP contribution in [0.5, 0.6) is 5.75 Å². The third-order valence-electron chi connectivity index (χ3n) is 1.95. The molecule has 0 saturated carbocycles. The van der Waals surface area contributed by atoms with Crippen molar-refractivity contribution in [2.75, 3.05) is 0 Å². The highest BCUT2D eigenvalue weighted by atomic mass is 16.5. The summed E-state index contributed by atoms with van der Waals surface area (Å²) in [5.41, 5.74) is 1.92. The third kappa shape index (κ3) is 2.26. The molecule has 0 spiro atoms. The summed E-state index contributed by atoms with van der Waals surface area (Å²) < 4.78 is 9.97. The van der Waals surface area contributed by atoms with E-state index in [9.17, 15) is 4.79 Å². The fourth-order valence-electron chi connectivity index (χ4n) is 1.33. The minimum Gasteiger partial charge on any atom is -0.472 e. The molecule has 0 atom stereocenters. The van der Waals surface area contributed by atoms with Crippen LogP contribution in [0.4, 0.5) is 0 Å². The van der Waals surface area contributed by atoms with Gasteiger partial charge in [-0.1, -0.05) is 12.1 Å². The minimum absolute atomic E-state index is 0.320. The second-order valence-corrected chi connectivity index (χ2v) is 3.13. The average Bonchev–Trinajstić information content (AvgIpc) is 2.69. The van der Waals surface area contributed by atoms with E-state index < -0.39 is 0 Å². The van der Waals surface area contributed by atoms with E-state index in [0.717, 1.165) is 11.1 Å². The normalized spacial score (nSPS) is 9.93. The molecule has 15 heavy (non-hydrogen) atoms. The molecule has 0 aliphatic carbocycles. The van der Waals surface area contributed by atoms with Gasteiger partial charge in [0.05, 0.1) is 12.5 Å². The lowest BCUT2D eigenvalue weighted by molar-refractivity contribution is -0.131. The Hall–Kier alpha value is -2.03. The van der Waals surface area contributed by atoms with Gasteiger partial charge in [-0.3, -0.25) is 4.79 Å². The van der Waals surface area contributed by atoms with Crippen molar-refractivity contribution in [3.63, 3.8) is 0 Å². The number of carbonyl (C=O) groups is 1. The molecule has 0 fully saturated rings. The van der Waals surface area contributed by atoms with Crippen LogP contribution in [-0.4, -0.2) is 5.97 Å². The fourth-order valence-corrected chi connectivity index (χ4v) is 1.33. The first-order valence-electron chi connectivity index (χ1n) is 4.57. The summed E-state index contributed by atoms with van der Waals surface area (Å²) in [5.74, 6) is 0.223. The van der Waals surface area contributed by atoms with Crippen molar-refractivity contribution in [3.8, 4) is 16.9 Å². The third-order valence-corrected chi connectivity index (χ3v) is 1.95. The number of esters is 1. The van der Waals surface area contributed by atoms with Crippen LogP contribution in [0.15, 0.2) is 47.3 Å². The standard InChI is InChI=1S/C12H10O3/c1-9(13)15-12-4-2-3-10(7-12)11-5-6-14-8-11/h2-8H,1H3. The molecular weight excluding hydrogens is 192 g/mol. The Kier molecular flexibility index (Phi) is 2.54. The van der Waals surface area contributed by atoms with Gasteiger partial charge >= 0.3 is 5.97 Å². The predicted molar refractivity (Wildman–Crippen MR) is 55.5 cm³/mol. The molecular formula is C12H10O3. The van der Waals surface area contributed by atoms with E-state index in [0.29, 0.717) is 5.75 Å². The van der Waals surface area contributed by atoms with E-state index in [1.54, 1.807) is 24.7 Å². The lowest BCUT2D eigenvalue weighted by Gasteiger charge is -2.02. The van der Waals surface area contributed by atoms with Crippen molar-refractivity contribution in [3.05, 3.63) is 42.9 Å². The number of hydrogen-bond donors (Lipinski definition) is 0. The molecule has 2 rings (SSSR count). The lowest BCUT2D eigenvalue weighted by Crippen LogP contribution is -2.00. The van der Waals surface area contributed by atoms with Crippen molar-refractivity contribution in [2.24, 2.45) is 0 Å². The van der Waals surface area contributed by atoms with Gasteiger partial charge in [0.2, 0.25) is 0 Å². The zero-order valence-corrected chi connectivity index (χ0v) is 8.27. The first-order chi connectivity index (χ1) is 7.25. The van der Waals surface area contributed by atoms with E-state index >= 15 is 0 Å². The SMILES string of the molecule is CC(=O)Oc1cccc(-c2ccoc2)c1. The topological polar surface area (TPSA) is 39.4 Å². The van der Waals surface area contributed by atoms with Crippen LogP contribution in [0.25, 0.3) is 11.1 Å². The largest absolute Gasteiger partial charge is 0.472 e. The molecule has 1 heterocycles. The van der Waals surface area contributed by atoms with Gasteiger partial charge < -0.3 is 9.15 Å². The average molecular weight is 202 g/mol. The van der Waals surface area contributed by atoms with Gasteiger partial charge in [-0.25, -0.2) is 0 Å². The summed E-state index contributed by atoms with van der Waals surface area (Å²) in [5, 5.41) is 0. The smallest absolute Gasteiger partial charge is 0.308 e. The summed E-state index contributed by atoms with van der Waals surface area (Å²) in [6.07, 6.45) is 3.25. The highest BCUT2D eigenvalue weighted by Gasteiger charge is 2.02. The zero-order chi connectivity index (χ0) is 10.7. The molecule has 0 saturated heterocycles. The Morgan fingerprint density at radius 3 is 2.80 bits per heavy atom. The van der Waals surface area contributed by atoms with Crippen LogP contribution in [0, 0.1) is 0 Å². The van der Waals surface area contributed by atoms with E-state index in [4.69, 9.17) is 9.15 Å². The summed E-state index contributed by atoms with van der Waals surface area (Å²) in [4.78, 5) is 10.8. The highest BCUT2D eigenvalue weighted by Crippen LogP contribution is 2.24. The maximum absolute atomic E-state index is 10.8. The number of carbonyl (C=O) groups excluding carboxylic acids is 1. The number of rotatable bonds is 2. The van der Waals surface area contributed by atoms with Gasteiger partial charge in [-0.15, -0.1) is 0 Å². The molecule has 0 radical (unpaired) electrons. The zero-order valence-electron chi connectivity index (χ0n) is 8.27. The number of ether oxygens (including phenoxy) is 1. The summed E-state index contributed by atoms with van der Waals surface area (Å²) in [7, 11) is 0. The van der Waals surface area contributed by atoms with Crippen LogP contribution in [0.2, 0.25) is 0 Å². The lowest BCUT2D eigenvalue weighted by atomic mass is 10.1. The first kappa shape index (κ1) is 9.52. The van der Waals surface area contributed by atoms with Crippen molar-refractivity contribution < 1.29 is 13.9 Å². The predicted octanol–water partition coefficient (Wildman–Crippen LogP) is 2.87. The van der Waals surface area contributed by atoms with Crippen LogP contribution in [0.3, 0.4) is 0 Å². The quantitative estimate of drug-likeness (QED) is 0.555. The van der Waals surface area contributed by atoms with Crippen LogP contribution >= 0.6 is 0 Å². The van der Waals surface area contributed by atoms with Crippen molar-refractivity contribution in [1.82, 2.24) is 0 Å². The molecule has 1 aromatic carbocycles. The molecule has 0 N–H and O–H groups in total. The molecule has 0 unspecified atom stereocenters. The Morgan fingerprint density at radius 2 is 2.13 bits per heavy atom. The Morgan fingerprint density at radius 1 is 1.27 bits per heavy atom. The minimum atomic E-state index is -0.320. The Bertz CT molecular complexity index is 457. The monoisotopic (exact) mass is 202 g/mol. The molecule has 3 heteroatoms. The van der Waals surface area contributed by atoms with Gasteiger partial charge in [0.15, 0.2) is 0 Å². The van der Waals surface area contributed by atoms with E-state index in [2.05, 4.69) is 0 Å². The number of furan rings is 1. The molecule has 1 aromatic heterocycles. The molecule has 0 bridgehead atoms. The van der Waals surface area contributed by atoms with Gasteiger partial charge in [0, 0.05) is 12.5 Å². The number of hydrogen-bond acceptors (Lipinski definition) is 3. The fraction of sp³-hybridized carbons (Fsp3) is 0.0833. The Balaban J connectivity index is 2.31. The van der Waals surface area contributed by atoms with Crippen molar-refractivity contribution in [2.45, 2.75) is 6.92 Å². The van der Waals surface area contributed by atoms with E-state index in [1.807, 2.05) is 18.2 Å². The van der Waals surface area contributed by atoms with Gasteiger partial charge in [-0.2, -0.15) is 0 Å². The van der Waals surface area contributed by atoms with Crippen LogP contribution in [-0.2, 0) is 4.79 Å². The molecule has 76 valence electrons. The second kappa shape index (κ2) is 4.00. The number of benzene rings is 1. The molecule has 0 amide bonds. The highest BCUT2D eigenvalue weighted by molar-refractivity contribution is 5.71. The molecule has 2 aromatic rings. The Labute approximate surface area is 87.3 Å². The van der Waals surface area contributed by atoms with E-state index in [1.165, 1.54) is 6.92 Å². The molecule has 3 nitrogen and oxygen atoms in total. The first-order valence-corrected chi connectivity index (χ1v) is 4.57. The van der Waals surface area contributed by atoms with Gasteiger partial charge in [0.1, 0.15) is 5.75 Å². The van der Waals surface area contributed by atoms with Gasteiger partial charge in [0.25, 0.3) is 0 Å². The van der Waals surface area contributed by atoms with Crippen LogP contribution in [0.1, 0.15) is 6.92 Å². The molecule has 0 aliphatic heterocycles. The summed E-state index contributed by atoms with van der Waals surface area (Å²) in [6, 6.07) is 9.16. The van der Waals surface area contributed by atoms with E-state index in [-0.39, 0.29) is 5.97 Å². The second-order valence-electron chi connectivity index (χ2n) is 3.13. The summed E-state index contributed by atoms with van der Waals surface area (Å²) >= 11 is 0. The maximum Gasteiger partial charge on any atom is 0.308 e. The van der Waals surface area contributed by atoms with Crippen LogP contribution < -0.4 is 4.74 Å². The van der Waals surface area contributed by atoms with Crippen molar-refractivity contribution >= 4 is 5.97 Å². The van der Waals surface area contributed by atoms with Gasteiger partial charge in [-0.05, 0) is 23.8 Å². The molecule has 0 aliphatic rings. The van der Waals surface area contributed by atoms with Crippen molar-refractivity contribution in [1.29, 1.82) is 0 Å². The summed E-state index contributed by atoms with van der Waals surface area (Å²) in [6.45, 7) is 1.38.